The number of aliphatic imine (C=N–C) groups is 1. The van der Waals surface area contributed by atoms with Crippen molar-refractivity contribution in [2.45, 2.75) is 12.8 Å². The van der Waals surface area contributed by atoms with Crippen molar-refractivity contribution >= 4 is 23.1 Å². The predicted molar refractivity (Wildman–Crippen MR) is 74.0 cm³/mol. The minimum Gasteiger partial charge on any atom is -0.396 e. The van der Waals surface area contributed by atoms with Crippen LogP contribution in [0.25, 0.3) is 0 Å². The SMILES string of the molecule is CN(CCCO)CCc1ccc(N=C=S)cc1. The molecule has 4 heteroatoms. The van der Waals surface area contributed by atoms with Crippen LogP contribution >= 0.6 is 12.2 Å². The molecule has 0 aliphatic heterocycles. The summed E-state index contributed by atoms with van der Waals surface area (Å²) in [5, 5.41) is 11.1. The van der Waals surface area contributed by atoms with Crippen LogP contribution in [-0.2, 0) is 6.42 Å². The highest BCUT2D eigenvalue weighted by atomic mass is 32.1. The van der Waals surface area contributed by atoms with Crippen molar-refractivity contribution in [2.75, 3.05) is 26.7 Å². The topological polar surface area (TPSA) is 35.8 Å². The summed E-state index contributed by atoms with van der Waals surface area (Å²) in [4.78, 5) is 6.13. The Morgan fingerprint density at radius 1 is 1.29 bits per heavy atom. The third kappa shape index (κ3) is 5.71. The van der Waals surface area contributed by atoms with Crippen molar-refractivity contribution < 1.29 is 5.11 Å². The van der Waals surface area contributed by atoms with Gasteiger partial charge in [0.1, 0.15) is 0 Å². The molecule has 0 atom stereocenters. The standard InChI is InChI=1S/C13H18N2OS/c1-15(8-2-10-16)9-7-12-3-5-13(6-4-12)14-11-17/h3-6,16H,2,7-10H2,1H3. The largest absolute Gasteiger partial charge is 0.396 e. The number of benzene rings is 1. The highest BCUT2D eigenvalue weighted by molar-refractivity contribution is 7.78. The first kappa shape index (κ1) is 14.0. The Morgan fingerprint density at radius 2 is 2.00 bits per heavy atom. The monoisotopic (exact) mass is 250 g/mol. The van der Waals surface area contributed by atoms with Gasteiger partial charge in [-0.1, -0.05) is 12.1 Å². The summed E-state index contributed by atoms with van der Waals surface area (Å²) in [7, 11) is 2.07. The lowest BCUT2D eigenvalue weighted by atomic mass is 10.1. The number of aliphatic hydroxyl groups is 1. The second-order valence-corrected chi connectivity index (χ2v) is 4.18. The number of hydrogen-bond donors (Lipinski definition) is 1. The lowest BCUT2D eigenvalue weighted by Crippen LogP contribution is -2.23. The van der Waals surface area contributed by atoms with Crippen LogP contribution in [0.15, 0.2) is 29.3 Å². The van der Waals surface area contributed by atoms with Crippen LogP contribution in [0, 0.1) is 0 Å². The molecule has 1 rings (SSSR count). The van der Waals surface area contributed by atoms with E-state index in [1.54, 1.807) is 0 Å². The Bertz CT molecular complexity index is 372. The lowest BCUT2D eigenvalue weighted by Gasteiger charge is -2.15. The van der Waals surface area contributed by atoms with E-state index in [-0.39, 0.29) is 6.61 Å². The van der Waals surface area contributed by atoms with Crippen LogP contribution in [0.5, 0.6) is 0 Å². The van der Waals surface area contributed by atoms with Crippen LogP contribution in [0.2, 0.25) is 0 Å². The molecule has 92 valence electrons. The second-order valence-electron chi connectivity index (χ2n) is 4.00. The summed E-state index contributed by atoms with van der Waals surface area (Å²) in [6.45, 7) is 2.19. The molecule has 0 bridgehead atoms. The van der Waals surface area contributed by atoms with Gasteiger partial charge in [0.05, 0.1) is 10.8 Å². The van der Waals surface area contributed by atoms with Crippen LogP contribution in [0.4, 0.5) is 5.69 Å². The number of thiocarbonyl (C=S) groups is 1. The van der Waals surface area contributed by atoms with E-state index >= 15 is 0 Å². The van der Waals surface area contributed by atoms with E-state index in [1.807, 2.05) is 12.1 Å². The van der Waals surface area contributed by atoms with E-state index in [0.29, 0.717) is 0 Å². The van der Waals surface area contributed by atoms with Gasteiger partial charge >= 0.3 is 0 Å². The van der Waals surface area contributed by atoms with Crippen LogP contribution < -0.4 is 0 Å². The van der Waals surface area contributed by atoms with Gasteiger partial charge in [-0.2, -0.15) is 4.99 Å². The zero-order chi connectivity index (χ0) is 12.5. The van der Waals surface area contributed by atoms with Gasteiger partial charge in [0.15, 0.2) is 0 Å². The highest BCUT2D eigenvalue weighted by Gasteiger charge is 1.99. The molecule has 0 radical (unpaired) electrons. The fraction of sp³-hybridized carbons (Fsp3) is 0.462. The number of nitrogens with zero attached hydrogens (tertiary/aromatic N) is 2. The molecule has 1 aromatic carbocycles. The van der Waals surface area contributed by atoms with Gasteiger partial charge in [-0.05, 0) is 49.8 Å². The third-order valence-electron chi connectivity index (χ3n) is 2.59. The zero-order valence-corrected chi connectivity index (χ0v) is 10.9. The maximum atomic E-state index is 8.73. The molecule has 1 N–H and O–H groups in total. The molecule has 0 spiro atoms. The van der Waals surface area contributed by atoms with Crippen molar-refractivity contribution in [3.8, 4) is 0 Å². The van der Waals surface area contributed by atoms with Crippen LogP contribution in [0.3, 0.4) is 0 Å². The van der Waals surface area contributed by atoms with Crippen molar-refractivity contribution in [2.24, 2.45) is 4.99 Å². The molecular weight excluding hydrogens is 232 g/mol. The number of rotatable bonds is 7. The minimum atomic E-state index is 0.259. The quantitative estimate of drug-likeness (QED) is 0.596. The van der Waals surface area contributed by atoms with Crippen LogP contribution in [0.1, 0.15) is 12.0 Å². The Kier molecular flexibility index (Phi) is 6.67. The smallest absolute Gasteiger partial charge is 0.0739 e. The molecule has 3 nitrogen and oxygen atoms in total. The van der Waals surface area contributed by atoms with Gasteiger partial charge in [-0.25, -0.2) is 0 Å². The van der Waals surface area contributed by atoms with E-state index in [0.717, 1.165) is 31.6 Å². The molecule has 0 heterocycles. The van der Waals surface area contributed by atoms with E-state index in [9.17, 15) is 0 Å². The van der Waals surface area contributed by atoms with Gasteiger partial charge in [0, 0.05) is 19.7 Å². The maximum absolute atomic E-state index is 8.73. The molecule has 0 amide bonds. The molecular formula is C13H18N2OS. The summed E-state index contributed by atoms with van der Waals surface area (Å²) < 4.78 is 0. The molecule has 0 aliphatic carbocycles. The average Bonchev–Trinajstić information content (AvgIpc) is 2.36. The van der Waals surface area contributed by atoms with E-state index in [1.165, 1.54) is 5.56 Å². The number of isothiocyanates is 1. The maximum Gasteiger partial charge on any atom is 0.0739 e. The van der Waals surface area contributed by atoms with Crippen molar-refractivity contribution in [3.63, 3.8) is 0 Å². The molecule has 1 aromatic rings. The average molecular weight is 250 g/mol. The molecule has 0 saturated carbocycles. The Labute approximate surface area is 108 Å². The summed E-state index contributed by atoms with van der Waals surface area (Å²) in [5.74, 6) is 0. The lowest BCUT2D eigenvalue weighted by molar-refractivity contribution is 0.248. The summed E-state index contributed by atoms with van der Waals surface area (Å²) in [6.07, 6.45) is 1.84. The Balaban J connectivity index is 2.38. The molecule has 17 heavy (non-hydrogen) atoms. The summed E-state index contributed by atoms with van der Waals surface area (Å²) >= 11 is 4.55. The molecule has 0 fully saturated rings. The molecule has 0 unspecified atom stereocenters. The van der Waals surface area contributed by atoms with E-state index in [2.05, 4.69) is 46.5 Å². The van der Waals surface area contributed by atoms with Crippen LogP contribution in [-0.4, -0.2) is 41.9 Å². The Morgan fingerprint density at radius 3 is 2.59 bits per heavy atom. The highest BCUT2D eigenvalue weighted by Crippen LogP contribution is 2.12. The first-order valence-corrected chi connectivity index (χ1v) is 6.13. The first-order chi connectivity index (χ1) is 8.26. The normalized spacial score (nSPS) is 10.3. The number of aliphatic hydroxyl groups excluding tert-OH is 1. The Hall–Kier alpha value is -1.06. The first-order valence-electron chi connectivity index (χ1n) is 5.72. The zero-order valence-electron chi connectivity index (χ0n) is 10.1. The molecule has 0 aromatic heterocycles. The van der Waals surface area contributed by atoms with Gasteiger partial charge in [-0.3, -0.25) is 0 Å². The molecule has 0 saturated heterocycles. The second kappa shape index (κ2) is 8.09. The van der Waals surface area contributed by atoms with Gasteiger partial charge in [0.2, 0.25) is 0 Å². The fourth-order valence-corrected chi connectivity index (χ4v) is 1.67. The third-order valence-corrected chi connectivity index (χ3v) is 2.68. The van der Waals surface area contributed by atoms with Crippen molar-refractivity contribution in [3.05, 3.63) is 29.8 Å². The fourth-order valence-electron chi connectivity index (χ4n) is 1.56. The summed E-state index contributed by atoms with van der Waals surface area (Å²) in [5.41, 5.74) is 2.13. The minimum absolute atomic E-state index is 0.259. The van der Waals surface area contributed by atoms with Crippen molar-refractivity contribution in [1.82, 2.24) is 4.90 Å². The van der Waals surface area contributed by atoms with Crippen molar-refractivity contribution in [1.29, 1.82) is 0 Å². The number of hydrogen-bond acceptors (Lipinski definition) is 4. The molecule has 0 aliphatic rings. The van der Waals surface area contributed by atoms with Gasteiger partial charge in [-0.15, -0.1) is 0 Å². The van der Waals surface area contributed by atoms with E-state index in [4.69, 9.17) is 5.11 Å². The van der Waals surface area contributed by atoms with Gasteiger partial charge < -0.3 is 10.0 Å². The van der Waals surface area contributed by atoms with E-state index < -0.39 is 0 Å². The number of likely N-dealkylation sites (N-methyl/N-ethyl adjacent to an activating group) is 1. The summed E-state index contributed by atoms with van der Waals surface area (Å²) in [6, 6.07) is 8.02. The van der Waals surface area contributed by atoms with Gasteiger partial charge in [0.25, 0.3) is 0 Å². The predicted octanol–water partition coefficient (Wildman–Crippen LogP) is 2.28.